The Morgan fingerprint density at radius 3 is 2.35 bits per heavy atom. The molecule has 0 radical (unpaired) electrons. The molecule has 2 atom stereocenters. The number of hydrogen-bond acceptors (Lipinski definition) is 5. The fourth-order valence-electron chi connectivity index (χ4n) is 2.49. The van der Waals surface area contributed by atoms with Crippen molar-refractivity contribution in [1.29, 1.82) is 0 Å². The highest BCUT2D eigenvalue weighted by atomic mass is 19.3. The van der Waals surface area contributed by atoms with E-state index in [-0.39, 0.29) is 12.3 Å². The highest BCUT2D eigenvalue weighted by molar-refractivity contribution is 5.82. The zero-order valence-corrected chi connectivity index (χ0v) is 14.0. The van der Waals surface area contributed by atoms with Crippen molar-refractivity contribution in [3.63, 3.8) is 0 Å². The summed E-state index contributed by atoms with van der Waals surface area (Å²) in [7, 11) is 0. The lowest BCUT2D eigenvalue weighted by molar-refractivity contribution is -0.150. The molecule has 2 unspecified atom stereocenters. The van der Waals surface area contributed by atoms with Gasteiger partial charge in [0.1, 0.15) is 17.4 Å². The van der Waals surface area contributed by atoms with Crippen LogP contribution in [0.3, 0.4) is 0 Å². The second-order valence-electron chi connectivity index (χ2n) is 6.03. The molecule has 0 fully saturated rings. The summed E-state index contributed by atoms with van der Waals surface area (Å²) in [6, 6.07) is 12.3. The van der Waals surface area contributed by atoms with E-state index in [1.807, 2.05) is 30.3 Å². The SMILES string of the molecule is CC(O)(C(F)F)C(NCc1ccc(-c2ccccc2)cc1O)C(=O)NO. The summed E-state index contributed by atoms with van der Waals surface area (Å²) in [5.74, 6) is -1.31. The molecule has 0 heterocycles. The zero-order chi connectivity index (χ0) is 19.3. The van der Waals surface area contributed by atoms with E-state index in [1.165, 1.54) is 11.5 Å². The van der Waals surface area contributed by atoms with E-state index in [4.69, 9.17) is 5.21 Å². The predicted molar refractivity (Wildman–Crippen MR) is 90.7 cm³/mol. The highest BCUT2D eigenvalue weighted by Gasteiger charge is 2.44. The van der Waals surface area contributed by atoms with Crippen LogP contribution in [0.5, 0.6) is 5.75 Å². The first-order chi connectivity index (χ1) is 12.3. The molecule has 140 valence electrons. The smallest absolute Gasteiger partial charge is 0.268 e. The Bertz CT molecular complexity index is 754. The normalized spacial score (nSPS) is 14.7. The third-order valence-corrected chi connectivity index (χ3v) is 4.09. The Balaban J connectivity index is 2.18. The van der Waals surface area contributed by atoms with Crippen molar-refractivity contribution in [2.24, 2.45) is 0 Å². The summed E-state index contributed by atoms with van der Waals surface area (Å²) in [6.45, 7) is 0.602. The zero-order valence-electron chi connectivity index (χ0n) is 14.0. The maximum atomic E-state index is 13.0. The van der Waals surface area contributed by atoms with Crippen LogP contribution in [0.2, 0.25) is 0 Å². The molecule has 1 amide bonds. The quantitative estimate of drug-likeness (QED) is 0.381. The summed E-state index contributed by atoms with van der Waals surface area (Å²) in [6.07, 6.45) is -3.23. The predicted octanol–water partition coefficient (Wildman–Crippen LogP) is 2.04. The lowest BCUT2D eigenvalue weighted by Gasteiger charge is -2.31. The van der Waals surface area contributed by atoms with Gasteiger partial charge in [-0.15, -0.1) is 0 Å². The van der Waals surface area contributed by atoms with Gasteiger partial charge < -0.3 is 10.2 Å². The van der Waals surface area contributed by atoms with Crippen LogP contribution >= 0.6 is 0 Å². The molecule has 2 rings (SSSR count). The van der Waals surface area contributed by atoms with Crippen LogP contribution in [0, 0.1) is 0 Å². The van der Waals surface area contributed by atoms with E-state index in [1.54, 1.807) is 12.1 Å². The van der Waals surface area contributed by atoms with Crippen LogP contribution in [0.1, 0.15) is 12.5 Å². The van der Waals surface area contributed by atoms with E-state index in [2.05, 4.69) is 5.32 Å². The van der Waals surface area contributed by atoms with E-state index in [0.29, 0.717) is 5.56 Å². The van der Waals surface area contributed by atoms with Gasteiger partial charge in [-0.05, 0) is 24.1 Å². The number of alkyl halides is 2. The third-order valence-electron chi connectivity index (χ3n) is 4.09. The average Bonchev–Trinajstić information content (AvgIpc) is 2.63. The first kappa shape index (κ1) is 19.8. The van der Waals surface area contributed by atoms with Crippen LogP contribution in [-0.2, 0) is 11.3 Å². The maximum Gasteiger partial charge on any atom is 0.268 e. The third kappa shape index (κ3) is 4.34. The number of halogens is 2. The van der Waals surface area contributed by atoms with Crippen LogP contribution < -0.4 is 10.8 Å². The number of hydrogen-bond donors (Lipinski definition) is 5. The monoisotopic (exact) mass is 366 g/mol. The number of aliphatic hydroxyl groups is 1. The minimum atomic E-state index is -3.23. The summed E-state index contributed by atoms with van der Waals surface area (Å²) >= 11 is 0. The van der Waals surface area contributed by atoms with Gasteiger partial charge in [0.05, 0.1) is 0 Å². The summed E-state index contributed by atoms with van der Waals surface area (Å²) in [4.78, 5) is 11.6. The fourth-order valence-corrected chi connectivity index (χ4v) is 2.49. The van der Waals surface area contributed by atoms with Crippen LogP contribution in [0.15, 0.2) is 48.5 Å². The van der Waals surface area contributed by atoms with E-state index in [0.717, 1.165) is 18.1 Å². The molecule has 2 aromatic carbocycles. The van der Waals surface area contributed by atoms with Gasteiger partial charge in [-0.2, -0.15) is 0 Å². The van der Waals surface area contributed by atoms with Crippen molar-refractivity contribution in [3.05, 3.63) is 54.1 Å². The molecule has 0 spiro atoms. The molecule has 0 aliphatic rings. The number of benzene rings is 2. The van der Waals surface area contributed by atoms with Gasteiger partial charge in [0, 0.05) is 12.1 Å². The molecule has 0 aromatic heterocycles. The first-order valence-electron chi connectivity index (χ1n) is 7.82. The van der Waals surface area contributed by atoms with E-state index < -0.39 is 24.0 Å². The molecule has 8 heteroatoms. The molecular formula is C18H20F2N2O4. The lowest BCUT2D eigenvalue weighted by Crippen LogP contribution is -2.60. The molecular weight excluding hydrogens is 346 g/mol. The Morgan fingerprint density at radius 2 is 1.81 bits per heavy atom. The van der Waals surface area contributed by atoms with Gasteiger partial charge >= 0.3 is 0 Å². The van der Waals surface area contributed by atoms with Gasteiger partial charge in [0.15, 0.2) is 0 Å². The van der Waals surface area contributed by atoms with Crippen molar-refractivity contribution < 1.29 is 29.0 Å². The number of rotatable bonds is 7. The largest absolute Gasteiger partial charge is 0.508 e. The van der Waals surface area contributed by atoms with Crippen molar-refractivity contribution in [3.8, 4) is 16.9 Å². The summed E-state index contributed by atoms with van der Waals surface area (Å²) in [5, 5.41) is 31.2. The number of aromatic hydroxyl groups is 1. The van der Waals surface area contributed by atoms with Crippen molar-refractivity contribution in [1.82, 2.24) is 10.8 Å². The molecule has 0 saturated heterocycles. The van der Waals surface area contributed by atoms with Gasteiger partial charge in [-0.1, -0.05) is 42.5 Å². The number of hydroxylamine groups is 1. The molecule has 6 nitrogen and oxygen atoms in total. The van der Waals surface area contributed by atoms with Crippen molar-refractivity contribution in [2.75, 3.05) is 0 Å². The van der Waals surface area contributed by atoms with Crippen LogP contribution in [0.4, 0.5) is 8.78 Å². The summed E-state index contributed by atoms with van der Waals surface area (Å²) in [5.41, 5.74) is 0.522. The molecule has 0 aliphatic carbocycles. The number of carbonyl (C=O) groups is 1. The molecule has 5 N–H and O–H groups in total. The maximum absolute atomic E-state index is 13.0. The minimum absolute atomic E-state index is 0.0984. The number of carbonyl (C=O) groups excluding carboxylic acids is 1. The topological polar surface area (TPSA) is 102 Å². The Labute approximate surface area is 149 Å². The lowest BCUT2D eigenvalue weighted by atomic mass is 9.95. The number of phenolic OH excluding ortho intramolecular Hbond substituents is 1. The standard InChI is InChI=1S/C18H20F2N2O4/c1-18(25,17(19)20)15(16(24)22-26)21-10-13-8-7-12(9-14(13)23)11-5-3-2-4-6-11/h2-9,15,17,21,23,25-26H,10H2,1H3,(H,22,24). The average molecular weight is 366 g/mol. The molecule has 0 aliphatic heterocycles. The second-order valence-corrected chi connectivity index (χ2v) is 6.03. The molecule has 26 heavy (non-hydrogen) atoms. The summed E-state index contributed by atoms with van der Waals surface area (Å²) < 4.78 is 26.0. The van der Waals surface area contributed by atoms with Crippen LogP contribution in [-0.4, -0.2) is 39.4 Å². The second kappa shape index (κ2) is 8.22. The molecule has 0 saturated carbocycles. The minimum Gasteiger partial charge on any atom is -0.508 e. The fraction of sp³-hybridized carbons (Fsp3) is 0.278. The Kier molecular flexibility index (Phi) is 6.25. The Hall–Kier alpha value is -2.55. The van der Waals surface area contributed by atoms with Gasteiger partial charge in [0.2, 0.25) is 0 Å². The van der Waals surface area contributed by atoms with Crippen LogP contribution in [0.25, 0.3) is 11.1 Å². The molecule has 0 bridgehead atoms. The van der Waals surface area contributed by atoms with Gasteiger partial charge in [-0.3, -0.25) is 15.3 Å². The first-order valence-corrected chi connectivity index (χ1v) is 7.82. The van der Waals surface area contributed by atoms with Gasteiger partial charge in [-0.25, -0.2) is 14.3 Å². The number of amides is 1. The highest BCUT2D eigenvalue weighted by Crippen LogP contribution is 2.27. The van der Waals surface area contributed by atoms with E-state index in [9.17, 15) is 23.8 Å². The van der Waals surface area contributed by atoms with Crippen molar-refractivity contribution >= 4 is 5.91 Å². The van der Waals surface area contributed by atoms with Crippen molar-refractivity contribution in [2.45, 2.75) is 31.5 Å². The number of nitrogens with one attached hydrogen (secondary N) is 2. The van der Waals surface area contributed by atoms with Gasteiger partial charge in [0.25, 0.3) is 12.3 Å². The Morgan fingerprint density at radius 1 is 1.15 bits per heavy atom. The number of phenols is 1. The molecule has 2 aromatic rings. The van der Waals surface area contributed by atoms with E-state index >= 15 is 0 Å².